The lowest BCUT2D eigenvalue weighted by atomic mass is 9.65. The molecule has 2 heteroatoms. The monoisotopic (exact) mass is 224 g/mol. The summed E-state index contributed by atoms with van der Waals surface area (Å²) < 4.78 is 0. The molecule has 0 saturated heterocycles. The van der Waals surface area contributed by atoms with Gasteiger partial charge in [-0.3, -0.25) is 4.79 Å². The number of hydrogen-bond donors (Lipinski definition) is 1. The fourth-order valence-corrected chi connectivity index (χ4v) is 3.28. The Morgan fingerprint density at radius 3 is 2.62 bits per heavy atom. The molecule has 2 saturated carbocycles. The maximum atomic E-state index is 12.0. The van der Waals surface area contributed by atoms with Crippen molar-refractivity contribution in [1.82, 2.24) is 0 Å². The molecule has 0 aromatic heterocycles. The van der Waals surface area contributed by atoms with E-state index in [1.54, 1.807) is 0 Å². The van der Waals surface area contributed by atoms with E-state index < -0.39 is 6.10 Å². The highest BCUT2D eigenvalue weighted by atomic mass is 16.3. The van der Waals surface area contributed by atoms with Crippen molar-refractivity contribution in [3.63, 3.8) is 0 Å². The van der Waals surface area contributed by atoms with Crippen LogP contribution in [-0.2, 0) is 4.79 Å². The summed E-state index contributed by atoms with van der Waals surface area (Å²) in [7, 11) is 0. The lowest BCUT2D eigenvalue weighted by Gasteiger charge is -2.39. The van der Waals surface area contributed by atoms with E-state index in [1.807, 2.05) is 0 Å². The summed E-state index contributed by atoms with van der Waals surface area (Å²) in [6.45, 7) is 6.60. The van der Waals surface area contributed by atoms with Crippen LogP contribution >= 0.6 is 0 Å². The smallest absolute Gasteiger partial charge is 0.164 e. The second-order valence-corrected chi connectivity index (χ2v) is 6.40. The molecule has 0 spiro atoms. The van der Waals surface area contributed by atoms with E-state index in [4.69, 9.17) is 0 Å². The quantitative estimate of drug-likeness (QED) is 0.800. The maximum absolute atomic E-state index is 12.0. The summed E-state index contributed by atoms with van der Waals surface area (Å²) in [5.41, 5.74) is 0.0944. The Kier molecular flexibility index (Phi) is 3.13. The Morgan fingerprint density at radius 2 is 2.06 bits per heavy atom. The number of carbonyl (C=O) groups is 1. The van der Waals surface area contributed by atoms with Crippen LogP contribution in [0.5, 0.6) is 0 Å². The van der Waals surface area contributed by atoms with E-state index in [0.717, 1.165) is 24.7 Å². The van der Waals surface area contributed by atoms with Gasteiger partial charge in [-0.2, -0.15) is 0 Å². The first kappa shape index (κ1) is 12.1. The standard InChI is InChI=1S/C14H24O2/c1-4-9-7-10(9)8-11-13(16)12(15)5-6-14(11,2)3/h9-12,15H,4-8H2,1-3H3/t9-,10-,11-,12-/m1/s1. The number of aliphatic hydroxyl groups excluding tert-OH is 1. The molecule has 2 fully saturated rings. The van der Waals surface area contributed by atoms with Crippen LogP contribution in [0.1, 0.15) is 52.9 Å². The van der Waals surface area contributed by atoms with E-state index in [-0.39, 0.29) is 17.1 Å². The third-order valence-electron chi connectivity index (χ3n) is 4.81. The minimum absolute atomic E-state index is 0.0944. The summed E-state index contributed by atoms with van der Waals surface area (Å²) in [4.78, 5) is 12.0. The number of hydrogen-bond acceptors (Lipinski definition) is 2. The zero-order valence-corrected chi connectivity index (χ0v) is 10.7. The average Bonchev–Trinajstić information content (AvgIpc) is 2.98. The van der Waals surface area contributed by atoms with Crippen LogP contribution in [0, 0.1) is 23.2 Å². The number of aliphatic hydroxyl groups is 1. The predicted octanol–water partition coefficient (Wildman–Crippen LogP) is 2.79. The van der Waals surface area contributed by atoms with Crippen LogP contribution in [0.2, 0.25) is 0 Å². The van der Waals surface area contributed by atoms with E-state index in [9.17, 15) is 9.90 Å². The van der Waals surface area contributed by atoms with Gasteiger partial charge in [-0.05, 0) is 42.9 Å². The summed E-state index contributed by atoms with van der Waals surface area (Å²) in [6, 6.07) is 0. The van der Waals surface area contributed by atoms with Crippen molar-refractivity contribution < 1.29 is 9.90 Å². The van der Waals surface area contributed by atoms with Crippen LogP contribution < -0.4 is 0 Å². The Balaban J connectivity index is 2.01. The highest BCUT2D eigenvalue weighted by molar-refractivity contribution is 5.86. The molecule has 0 amide bonds. The highest BCUT2D eigenvalue weighted by Gasteiger charge is 2.47. The van der Waals surface area contributed by atoms with Crippen LogP contribution in [0.4, 0.5) is 0 Å². The molecule has 92 valence electrons. The zero-order valence-electron chi connectivity index (χ0n) is 10.7. The van der Waals surface area contributed by atoms with Crippen LogP contribution in [0.15, 0.2) is 0 Å². The van der Waals surface area contributed by atoms with Crippen LogP contribution in [-0.4, -0.2) is 17.0 Å². The third kappa shape index (κ3) is 2.17. The van der Waals surface area contributed by atoms with Gasteiger partial charge in [0.05, 0.1) is 0 Å². The molecule has 0 unspecified atom stereocenters. The molecule has 0 aromatic carbocycles. The van der Waals surface area contributed by atoms with E-state index in [2.05, 4.69) is 20.8 Å². The summed E-state index contributed by atoms with van der Waals surface area (Å²) in [6.07, 6.45) is 4.51. The minimum atomic E-state index is -0.683. The third-order valence-corrected chi connectivity index (χ3v) is 4.81. The van der Waals surface area contributed by atoms with Crippen molar-refractivity contribution in [3.8, 4) is 0 Å². The second-order valence-electron chi connectivity index (χ2n) is 6.40. The molecule has 0 bridgehead atoms. The van der Waals surface area contributed by atoms with Gasteiger partial charge in [-0.25, -0.2) is 0 Å². The first-order valence-corrected chi connectivity index (χ1v) is 6.67. The van der Waals surface area contributed by atoms with Gasteiger partial charge in [0.25, 0.3) is 0 Å². The molecule has 0 radical (unpaired) electrons. The molecule has 0 aliphatic heterocycles. The SMILES string of the molecule is CC[C@@H]1C[C@@H]1C[C@@H]1C(=O)[C@H](O)CCC1(C)C. The fraction of sp³-hybridized carbons (Fsp3) is 0.929. The van der Waals surface area contributed by atoms with Gasteiger partial charge in [0, 0.05) is 5.92 Å². The van der Waals surface area contributed by atoms with Gasteiger partial charge >= 0.3 is 0 Å². The molecule has 0 heterocycles. The van der Waals surface area contributed by atoms with Crippen molar-refractivity contribution in [2.75, 3.05) is 0 Å². The summed E-state index contributed by atoms with van der Waals surface area (Å²) >= 11 is 0. The highest BCUT2D eigenvalue weighted by Crippen LogP contribution is 2.50. The van der Waals surface area contributed by atoms with Gasteiger partial charge in [0.15, 0.2) is 5.78 Å². The molecule has 2 aliphatic rings. The van der Waals surface area contributed by atoms with Gasteiger partial charge in [0.2, 0.25) is 0 Å². The topological polar surface area (TPSA) is 37.3 Å². The molecule has 2 nitrogen and oxygen atoms in total. The zero-order chi connectivity index (χ0) is 11.9. The van der Waals surface area contributed by atoms with Gasteiger partial charge in [-0.15, -0.1) is 0 Å². The molecule has 16 heavy (non-hydrogen) atoms. The number of carbonyl (C=O) groups excluding carboxylic acids is 1. The Morgan fingerprint density at radius 1 is 1.38 bits per heavy atom. The molecule has 2 aliphatic carbocycles. The molecule has 4 atom stereocenters. The van der Waals surface area contributed by atoms with Crippen molar-refractivity contribution in [1.29, 1.82) is 0 Å². The molecular formula is C14H24O2. The molecule has 2 rings (SSSR count). The van der Waals surface area contributed by atoms with Crippen molar-refractivity contribution in [3.05, 3.63) is 0 Å². The van der Waals surface area contributed by atoms with E-state index in [0.29, 0.717) is 6.42 Å². The minimum Gasteiger partial charge on any atom is -0.385 e. The van der Waals surface area contributed by atoms with Crippen LogP contribution in [0.3, 0.4) is 0 Å². The van der Waals surface area contributed by atoms with Crippen molar-refractivity contribution >= 4 is 5.78 Å². The molecule has 0 aromatic rings. The summed E-state index contributed by atoms with van der Waals surface area (Å²) in [5, 5.41) is 9.69. The van der Waals surface area contributed by atoms with Gasteiger partial charge < -0.3 is 5.11 Å². The second kappa shape index (κ2) is 4.14. The Bertz CT molecular complexity index is 282. The number of ketones is 1. The van der Waals surface area contributed by atoms with Gasteiger partial charge in [-0.1, -0.05) is 27.2 Å². The average molecular weight is 224 g/mol. The normalized spacial score (nSPS) is 42.1. The van der Waals surface area contributed by atoms with E-state index >= 15 is 0 Å². The molecular weight excluding hydrogens is 200 g/mol. The first-order valence-electron chi connectivity index (χ1n) is 6.67. The van der Waals surface area contributed by atoms with Crippen molar-refractivity contribution in [2.45, 2.75) is 59.0 Å². The van der Waals surface area contributed by atoms with E-state index in [1.165, 1.54) is 12.8 Å². The van der Waals surface area contributed by atoms with Gasteiger partial charge in [0.1, 0.15) is 6.10 Å². The number of rotatable bonds is 3. The largest absolute Gasteiger partial charge is 0.385 e. The Labute approximate surface area is 98.4 Å². The first-order chi connectivity index (χ1) is 7.45. The predicted molar refractivity (Wildman–Crippen MR) is 64.0 cm³/mol. The summed E-state index contributed by atoms with van der Waals surface area (Å²) in [5.74, 6) is 1.81. The maximum Gasteiger partial charge on any atom is 0.164 e. The van der Waals surface area contributed by atoms with Crippen molar-refractivity contribution in [2.24, 2.45) is 23.2 Å². The van der Waals surface area contributed by atoms with Crippen LogP contribution in [0.25, 0.3) is 0 Å². The fourth-order valence-electron chi connectivity index (χ4n) is 3.28. The lowest BCUT2D eigenvalue weighted by molar-refractivity contribution is -0.140. The molecule has 1 N–H and O–H groups in total. The number of Topliss-reactive ketones (excluding diaryl/α,β-unsaturated/α-hetero) is 1. The Hall–Kier alpha value is -0.370. The lowest BCUT2D eigenvalue weighted by Crippen LogP contribution is -2.43.